The SMILES string of the molecule is O=C1CCCN1CC1CCC2(CN(C(=O)c3cnccn3)C2)OC1. The quantitative estimate of drug-likeness (QED) is 0.816. The lowest BCUT2D eigenvalue weighted by Crippen LogP contribution is -2.66. The van der Waals surface area contributed by atoms with Crippen molar-refractivity contribution in [1.29, 1.82) is 0 Å². The lowest BCUT2D eigenvalue weighted by Gasteiger charge is -2.52. The van der Waals surface area contributed by atoms with Crippen LogP contribution in [0.15, 0.2) is 18.6 Å². The summed E-state index contributed by atoms with van der Waals surface area (Å²) in [4.78, 5) is 35.8. The van der Waals surface area contributed by atoms with Gasteiger partial charge < -0.3 is 14.5 Å². The van der Waals surface area contributed by atoms with E-state index in [4.69, 9.17) is 4.74 Å². The van der Waals surface area contributed by atoms with Crippen molar-refractivity contribution >= 4 is 11.8 Å². The zero-order valence-corrected chi connectivity index (χ0v) is 13.7. The number of hydrogen-bond acceptors (Lipinski definition) is 5. The third-order valence-corrected chi connectivity index (χ3v) is 5.31. The predicted octanol–water partition coefficient (Wildman–Crippen LogP) is 0.720. The molecule has 0 N–H and O–H groups in total. The highest BCUT2D eigenvalue weighted by Gasteiger charge is 2.49. The van der Waals surface area contributed by atoms with Gasteiger partial charge >= 0.3 is 0 Å². The van der Waals surface area contributed by atoms with E-state index in [9.17, 15) is 9.59 Å². The summed E-state index contributed by atoms with van der Waals surface area (Å²) < 4.78 is 6.11. The highest BCUT2D eigenvalue weighted by Crippen LogP contribution is 2.37. The minimum atomic E-state index is -0.191. The van der Waals surface area contributed by atoms with Crippen LogP contribution in [-0.2, 0) is 9.53 Å². The van der Waals surface area contributed by atoms with Gasteiger partial charge in [0.25, 0.3) is 5.91 Å². The first-order valence-electron chi connectivity index (χ1n) is 8.62. The molecular formula is C17H22N4O3. The van der Waals surface area contributed by atoms with E-state index >= 15 is 0 Å². The van der Waals surface area contributed by atoms with Gasteiger partial charge in [0.2, 0.25) is 5.91 Å². The first-order valence-corrected chi connectivity index (χ1v) is 8.62. The molecular weight excluding hydrogens is 308 g/mol. The Hall–Kier alpha value is -2.02. The van der Waals surface area contributed by atoms with Crippen molar-refractivity contribution in [3.05, 3.63) is 24.3 Å². The van der Waals surface area contributed by atoms with Gasteiger partial charge in [-0.1, -0.05) is 0 Å². The van der Waals surface area contributed by atoms with E-state index in [0.717, 1.165) is 32.4 Å². The predicted molar refractivity (Wildman–Crippen MR) is 85.2 cm³/mol. The van der Waals surface area contributed by atoms with Crippen LogP contribution in [0.5, 0.6) is 0 Å². The van der Waals surface area contributed by atoms with Crippen molar-refractivity contribution in [3.63, 3.8) is 0 Å². The second-order valence-electron chi connectivity index (χ2n) is 7.09. The van der Waals surface area contributed by atoms with Crippen LogP contribution in [0.25, 0.3) is 0 Å². The minimum Gasteiger partial charge on any atom is -0.371 e. The van der Waals surface area contributed by atoms with Gasteiger partial charge in [0, 0.05) is 37.8 Å². The molecule has 1 unspecified atom stereocenters. The van der Waals surface area contributed by atoms with Gasteiger partial charge in [-0.25, -0.2) is 4.98 Å². The molecule has 0 aromatic carbocycles. The topological polar surface area (TPSA) is 75.6 Å². The number of aromatic nitrogens is 2. The molecule has 3 aliphatic heterocycles. The van der Waals surface area contributed by atoms with E-state index in [0.29, 0.717) is 37.7 Å². The molecule has 0 radical (unpaired) electrons. The lowest BCUT2D eigenvalue weighted by atomic mass is 9.82. The van der Waals surface area contributed by atoms with E-state index in [1.165, 1.54) is 12.4 Å². The molecule has 3 fully saturated rings. The third-order valence-electron chi connectivity index (χ3n) is 5.31. The van der Waals surface area contributed by atoms with E-state index < -0.39 is 0 Å². The number of hydrogen-bond donors (Lipinski definition) is 0. The maximum Gasteiger partial charge on any atom is 0.274 e. The van der Waals surface area contributed by atoms with Gasteiger partial charge in [-0.15, -0.1) is 0 Å². The second-order valence-corrected chi connectivity index (χ2v) is 7.09. The van der Waals surface area contributed by atoms with Crippen molar-refractivity contribution in [1.82, 2.24) is 19.8 Å². The molecule has 1 atom stereocenters. The third kappa shape index (κ3) is 2.88. The molecule has 0 aliphatic carbocycles. The molecule has 2 amide bonds. The number of rotatable bonds is 3. The average molecular weight is 330 g/mol. The normalized spacial score (nSPS) is 25.8. The van der Waals surface area contributed by atoms with Gasteiger partial charge in [0.15, 0.2) is 0 Å². The fraction of sp³-hybridized carbons (Fsp3) is 0.647. The molecule has 24 heavy (non-hydrogen) atoms. The summed E-state index contributed by atoms with van der Waals surface area (Å²) in [6, 6.07) is 0. The molecule has 1 aromatic heterocycles. The summed E-state index contributed by atoms with van der Waals surface area (Å²) in [5.41, 5.74) is 0.192. The van der Waals surface area contributed by atoms with E-state index in [2.05, 4.69) is 9.97 Å². The highest BCUT2D eigenvalue weighted by atomic mass is 16.5. The largest absolute Gasteiger partial charge is 0.371 e. The Kier molecular flexibility index (Phi) is 3.96. The highest BCUT2D eigenvalue weighted by molar-refractivity contribution is 5.92. The molecule has 4 rings (SSSR count). The fourth-order valence-electron chi connectivity index (χ4n) is 3.88. The van der Waals surface area contributed by atoms with Crippen LogP contribution in [0, 0.1) is 5.92 Å². The Morgan fingerprint density at radius 1 is 1.38 bits per heavy atom. The van der Waals surface area contributed by atoms with Crippen molar-refractivity contribution in [2.75, 3.05) is 32.8 Å². The Morgan fingerprint density at radius 3 is 2.88 bits per heavy atom. The van der Waals surface area contributed by atoms with E-state index in [-0.39, 0.29) is 17.4 Å². The van der Waals surface area contributed by atoms with Crippen LogP contribution < -0.4 is 0 Å². The molecule has 0 bridgehead atoms. The summed E-state index contributed by atoms with van der Waals surface area (Å²) in [5.74, 6) is 0.615. The van der Waals surface area contributed by atoms with Gasteiger partial charge in [-0.3, -0.25) is 14.6 Å². The van der Waals surface area contributed by atoms with Crippen LogP contribution in [0.3, 0.4) is 0 Å². The summed E-state index contributed by atoms with van der Waals surface area (Å²) in [6.07, 6.45) is 8.26. The van der Waals surface area contributed by atoms with Crippen LogP contribution in [0.2, 0.25) is 0 Å². The Labute approximate surface area is 141 Å². The second kappa shape index (κ2) is 6.12. The summed E-state index contributed by atoms with van der Waals surface area (Å²) >= 11 is 0. The Morgan fingerprint density at radius 2 is 2.25 bits per heavy atom. The zero-order valence-electron chi connectivity index (χ0n) is 13.7. The van der Waals surface area contributed by atoms with Gasteiger partial charge in [-0.05, 0) is 19.3 Å². The molecule has 3 aliphatic rings. The summed E-state index contributed by atoms with van der Waals surface area (Å²) in [7, 11) is 0. The van der Waals surface area contributed by atoms with Crippen molar-refractivity contribution in [2.45, 2.75) is 31.3 Å². The zero-order chi connectivity index (χ0) is 16.6. The van der Waals surface area contributed by atoms with Gasteiger partial charge in [0.1, 0.15) is 11.3 Å². The smallest absolute Gasteiger partial charge is 0.274 e. The standard InChI is InChI=1S/C17H22N4O3/c22-15-2-1-7-20(15)9-13-3-4-17(24-10-13)11-21(12-17)16(23)14-8-18-5-6-19-14/h5-6,8,13H,1-4,7,9-12H2. The number of carbonyl (C=O) groups excluding carboxylic acids is 2. The minimum absolute atomic E-state index is 0.0814. The van der Waals surface area contributed by atoms with Crippen LogP contribution in [-0.4, -0.2) is 70.0 Å². The molecule has 4 heterocycles. The number of nitrogens with zero attached hydrogens (tertiary/aromatic N) is 4. The maximum atomic E-state index is 12.3. The molecule has 1 spiro atoms. The molecule has 3 saturated heterocycles. The fourth-order valence-corrected chi connectivity index (χ4v) is 3.88. The van der Waals surface area contributed by atoms with Crippen molar-refractivity contribution in [3.8, 4) is 0 Å². The van der Waals surface area contributed by atoms with Crippen LogP contribution in [0.1, 0.15) is 36.2 Å². The summed E-state index contributed by atoms with van der Waals surface area (Å²) in [6.45, 7) is 3.63. The van der Waals surface area contributed by atoms with Crippen LogP contribution in [0.4, 0.5) is 0 Å². The van der Waals surface area contributed by atoms with E-state index in [1.807, 2.05) is 4.90 Å². The maximum absolute atomic E-state index is 12.3. The number of likely N-dealkylation sites (tertiary alicyclic amines) is 2. The number of carbonyl (C=O) groups is 2. The first-order chi connectivity index (χ1) is 11.7. The van der Waals surface area contributed by atoms with Crippen molar-refractivity contribution < 1.29 is 14.3 Å². The van der Waals surface area contributed by atoms with Gasteiger partial charge in [-0.2, -0.15) is 0 Å². The molecule has 7 nitrogen and oxygen atoms in total. The van der Waals surface area contributed by atoms with Gasteiger partial charge in [0.05, 0.1) is 25.9 Å². The first kappa shape index (κ1) is 15.5. The lowest BCUT2D eigenvalue weighted by molar-refractivity contribution is -0.169. The van der Waals surface area contributed by atoms with E-state index in [1.54, 1.807) is 11.1 Å². The molecule has 7 heteroatoms. The monoisotopic (exact) mass is 330 g/mol. The Bertz CT molecular complexity index is 620. The average Bonchev–Trinajstić information content (AvgIpc) is 2.99. The molecule has 128 valence electrons. The Balaban J connectivity index is 1.27. The van der Waals surface area contributed by atoms with Crippen LogP contribution >= 0.6 is 0 Å². The number of amides is 2. The van der Waals surface area contributed by atoms with Crippen molar-refractivity contribution in [2.24, 2.45) is 5.92 Å². The molecule has 1 aromatic rings. The summed E-state index contributed by atoms with van der Waals surface area (Å²) in [5, 5.41) is 0. The molecule has 0 saturated carbocycles. The number of ether oxygens (including phenoxy) is 1.